The van der Waals surface area contributed by atoms with Crippen molar-refractivity contribution >= 4 is 28.9 Å². The maximum Gasteiger partial charge on any atom is 0.143 e. The number of hydrogen-bond acceptors (Lipinski definition) is 3. The Kier molecular flexibility index (Phi) is 4.32. The number of benzene rings is 1. The van der Waals surface area contributed by atoms with E-state index in [1.165, 1.54) is 6.07 Å². The van der Waals surface area contributed by atoms with E-state index >= 15 is 0 Å². The summed E-state index contributed by atoms with van der Waals surface area (Å²) in [5.74, 6) is 0.493. The van der Waals surface area contributed by atoms with Crippen molar-refractivity contribution < 1.29 is 9.84 Å². The Morgan fingerprint density at radius 3 is 2.57 bits per heavy atom. The lowest BCUT2D eigenvalue weighted by atomic mass is 10.3. The van der Waals surface area contributed by atoms with Gasteiger partial charge in [-0.25, -0.2) is 0 Å². The van der Waals surface area contributed by atoms with Crippen molar-refractivity contribution in [3.63, 3.8) is 0 Å². The highest BCUT2D eigenvalue weighted by atomic mass is 35.5. The van der Waals surface area contributed by atoms with Crippen LogP contribution in [0.2, 0.25) is 10.0 Å². The van der Waals surface area contributed by atoms with Crippen LogP contribution in [0.25, 0.3) is 0 Å². The number of hydrogen-bond donors (Lipinski definition) is 2. The van der Waals surface area contributed by atoms with E-state index in [1.807, 2.05) is 0 Å². The summed E-state index contributed by atoms with van der Waals surface area (Å²) in [4.78, 5) is 0. The highest BCUT2D eigenvalue weighted by Gasteiger charge is 2.05. The first-order valence-corrected chi connectivity index (χ1v) is 4.89. The van der Waals surface area contributed by atoms with Crippen LogP contribution in [0, 0.1) is 0 Å². The molecule has 14 heavy (non-hydrogen) atoms. The molecule has 0 spiro atoms. The second kappa shape index (κ2) is 5.29. The highest BCUT2D eigenvalue weighted by Crippen LogP contribution is 2.32. The van der Waals surface area contributed by atoms with Gasteiger partial charge in [0, 0.05) is 19.1 Å². The largest absolute Gasteiger partial charge is 0.491 e. The van der Waals surface area contributed by atoms with Crippen LogP contribution in [0.4, 0.5) is 5.69 Å². The summed E-state index contributed by atoms with van der Waals surface area (Å²) in [5, 5.41) is 9.36. The summed E-state index contributed by atoms with van der Waals surface area (Å²) < 4.78 is 5.28. The molecule has 0 fully saturated rings. The van der Waals surface area contributed by atoms with Crippen LogP contribution < -0.4 is 10.5 Å². The minimum atomic E-state index is 0.0846. The summed E-state index contributed by atoms with van der Waals surface area (Å²) in [6.45, 7) is 0.486. The normalized spacial score (nSPS) is 10.2. The Morgan fingerprint density at radius 1 is 1.29 bits per heavy atom. The maximum absolute atomic E-state index is 8.55. The van der Waals surface area contributed by atoms with Gasteiger partial charge in [-0.15, -0.1) is 0 Å². The van der Waals surface area contributed by atoms with Gasteiger partial charge in [0.15, 0.2) is 0 Å². The summed E-state index contributed by atoms with van der Waals surface area (Å²) in [6, 6.07) is 3.11. The molecule has 0 atom stereocenters. The molecule has 0 heterocycles. The topological polar surface area (TPSA) is 55.5 Å². The van der Waals surface area contributed by atoms with Gasteiger partial charge in [0.25, 0.3) is 0 Å². The number of nitrogens with two attached hydrogens (primary N) is 1. The molecule has 0 saturated heterocycles. The fourth-order valence-corrected chi connectivity index (χ4v) is 1.24. The van der Waals surface area contributed by atoms with Gasteiger partial charge < -0.3 is 15.6 Å². The van der Waals surface area contributed by atoms with Crippen LogP contribution in [-0.4, -0.2) is 18.3 Å². The molecule has 1 rings (SSSR count). The molecular formula is C9H11Cl2NO2. The average Bonchev–Trinajstić information content (AvgIpc) is 2.14. The van der Waals surface area contributed by atoms with Gasteiger partial charge in [0.2, 0.25) is 0 Å². The number of aliphatic hydroxyl groups is 1. The lowest BCUT2D eigenvalue weighted by Crippen LogP contribution is -2.02. The van der Waals surface area contributed by atoms with Gasteiger partial charge >= 0.3 is 0 Å². The fourth-order valence-electron chi connectivity index (χ4n) is 0.916. The van der Waals surface area contributed by atoms with Gasteiger partial charge in [-0.3, -0.25) is 0 Å². The quantitative estimate of drug-likeness (QED) is 0.623. The molecule has 0 aromatic heterocycles. The van der Waals surface area contributed by atoms with E-state index in [1.54, 1.807) is 6.07 Å². The van der Waals surface area contributed by atoms with E-state index in [2.05, 4.69) is 0 Å². The van der Waals surface area contributed by atoms with Crippen LogP contribution in [0.1, 0.15) is 6.42 Å². The summed E-state index contributed by atoms with van der Waals surface area (Å²) >= 11 is 11.5. The lowest BCUT2D eigenvalue weighted by molar-refractivity contribution is 0.234. The number of halogens is 2. The maximum atomic E-state index is 8.55. The molecule has 1 aromatic rings. The first kappa shape index (κ1) is 11.4. The molecule has 0 aliphatic rings. The van der Waals surface area contributed by atoms with Crippen molar-refractivity contribution in [1.82, 2.24) is 0 Å². The standard InChI is InChI=1S/C9H11Cl2NO2/c10-6-4-8(12)9(5-7(6)11)14-3-1-2-13/h4-5,13H,1-3,12H2. The van der Waals surface area contributed by atoms with Crippen molar-refractivity contribution in [1.29, 1.82) is 0 Å². The van der Waals surface area contributed by atoms with Gasteiger partial charge in [0.1, 0.15) is 5.75 Å². The second-order valence-electron chi connectivity index (χ2n) is 2.73. The second-order valence-corrected chi connectivity index (χ2v) is 3.54. The van der Waals surface area contributed by atoms with E-state index in [-0.39, 0.29) is 6.61 Å². The first-order valence-electron chi connectivity index (χ1n) is 4.13. The molecule has 0 aliphatic heterocycles. The molecule has 78 valence electrons. The zero-order valence-electron chi connectivity index (χ0n) is 7.46. The third-order valence-electron chi connectivity index (χ3n) is 1.61. The predicted molar refractivity (Wildman–Crippen MR) is 58.1 cm³/mol. The van der Waals surface area contributed by atoms with E-state index in [0.29, 0.717) is 34.5 Å². The smallest absolute Gasteiger partial charge is 0.143 e. The molecular weight excluding hydrogens is 225 g/mol. The molecule has 0 unspecified atom stereocenters. The first-order chi connectivity index (χ1) is 6.65. The van der Waals surface area contributed by atoms with Crippen LogP contribution in [0.3, 0.4) is 0 Å². The van der Waals surface area contributed by atoms with E-state index < -0.39 is 0 Å². The van der Waals surface area contributed by atoms with Gasteiger partial charge in [0.05, 0.1) is 22.3 Å². The van der Waals surface area contributed by atoms with Crippen LogP contribution in [0.5, 0.6) is 5.75 Å². The Labute approximate surface area is 92.4 Å². The van der Waals surface area contributed by atoms with E-state index in [4.69, 9.17) is 38.8 Å². The van der Waals surface area contributed by atoms with Crippen LogP contribution in [0.15, 0.2) is 12.1 Å². The van der Waals surface area contributed by atoms with Crippen LogP contribution >= 0.6 is 23.2 Å². The Hall–Kier alpha value is -0.640. The molecule has 0 aliphatic carbocycles. The number of ether oxygens (including phenoxy) is 1. The van der Waals surface area contributed by atoms with Gasteiger partial charge in [-0.05, 0) is 6.07 Å². The van der Waals surface area contributed by atoms with Crippen molar-refractivity contribution in [3.05, 3.63) is 22.2 Å². The van der Waals surface area contributed by atoms with Gasteiger partial charge in [-0.2, -0.15) is 0 Å². The molecule has 0 amide bonds. The van der Waals surface area contributed by atoms with Crippen molar-refractivity contribution in [2.24, 2.45) is 0 Å². The average molecular weight is 236 g/mol. The number of rotatable bonds is 4. The Balaban J connectivity index is 2.72. The molecule has 0 radical (unpaired) electrons. The number of anilines is 1. The van der Waals surface area contributed by atoms with E-state index in [0.717, 1.165) is 0 Å². The molecule has 0 saturated carbocycles. The Morgan fingerprint density at radius 2 is 1.93 bits per heavy atom. The lowest BCUT2D eigenvalue weighted by Gasteiger charge is -2.09. The fraction of sp³-hybridized carbons (Fsp3) is 0.333. The summed E-state index contributed by atoms with van der Waals surface area (Å²) in [7, 11) is 0. The van der Waals surface area contributed by atoms with E-state index in [9.17, 15) is 0 Å². The molecule has 3 N–H and O–H groups in total. The third-order valence-corrected chi connectivity index (χ3v) is 2.33. The zero-order chi connectivity index (χ0) is 10.6. The summed E-state index contributed by atoms with van der Waals surface area (Å²) in [5.41, 5.74) is 6.08. The Bertz CT molecular complexity index is 318. The minimum absolute atomic E-state index is 0.0846. The highest BCUT2D eigenvalue weighted by molar-refractivity contribution is 6.42. The zero-order valence-corrected chi connectivity index (χ0v) is 8.98. The third kappa shape index (κ3) is 2.94. The monoisotopic (exact) mass is 235 g/mol. The van der Waals surface area contributed by atoms with Gasteiger partial charge in [-0.1, -0.05) is 23.2 Å². The van der Waals surface area contributed by atoms with Crippen molar-refractivity contribution in [2.75, 3.05) is 18.9 Å². The molecule has 0 bridgehead atoms. The summed E-state index contributed by atoms with van der Waals surface area (Å²) in [6.07, 6.45) is 0.555. The molecule has 5 heteroatoms. The van der Waals surface area contributed by atoms with Crippen molar-refractivity contribution in [2.45, 2.75) is 6.42 Å². The predicted octanol–water partition coefficient (Wildman–Crippen LogP) is 2.34. The van der Waals surface area contributed by atoms with Crippen molar-refractivity contribution in [3.8, 4) is 5.75 Å². The number of aliphatic hydroxyl groups excluding tert-OH is 1. The number of nitrogen functional groups attached to an aromatic ring is 1. The SMILES string of the molecule is Nc1cc(Cl)c(Cl)cc1OCCCO. The molecule has 1 aromatic carbocycles. The minimum Gasteiger partial charge on any atom is -0.491 e. The molecule has 3 nitrogen and oxygen atoms in total. The van der Waals surface area contributed by atoms with Crippen LogP contribution in [-0.2, 0) is 0 Å².